The lowest BCUT2D eigenvalue weighted by Gasteiger charge is -2.16. The minimum atomic E-state index is -4.29. The van der Waals surface area contributed by atoms with Crippen molar-refractivity contribution in [1.82, 2.24) is 0 Å². The van der Waals surface area contributed by atoms with Gasteiger partial charge in [0.05, 0.1) is 5.56 Å². The van der Waals surface area contributed by atoms with Gasteiger partial charge in [0.15, 0.2) is 0 Å². The van der Waals surface area contributed by atoms with Crippen LogP contribution < -0.4 is 5.32 Å². The van der Waals surface area contributed by atoms with Crippen molar-refractivity contribution in [2.75, 3.05) is 11.9 Å². The molecule has 0 fully saturated rings. The lowest BCUT2D eigenvalue weighted by atomic mass is 9.87. The van der Waals surface area contributed by atoms with E-state index >= 15 is 0 Å². The maximum atomic E-state index is 12.7. The predicted molar refractivity (Wildman–Crippen MR) is 87.7 cm³/mol. The molecule has 0 saturated heterocycles. The van der Waals surface area contributed by atoms with Crippen molar-refractivity contribution in [3.8, 4) is 11.1 Å². The van der Waals surface area contributed by atoms with E-state index in [1.165, 1.54) is 11.3 Å². The van der Waals surface area contributed by atoms with Gasteiger partial charge in [-0.05, 0) is 59.4 Å². The summed E-state index contributed by atoms with van der Waals surface area (Å²) in [5, 5.41) is 3.46. The minimum Gasteiger partial charge on any atom is -0.384 e. The van der Waals surface area contributed by atoms with Crippen LogP contribution >= 0.6 is 0 Å². The first-order valence-electron chi connectivity index (χ1n) is 7.83. The number of halogens is 3. The van der Waals surface area contributed by atoms with Gasteiger partial charge in [0, 0.05) is 18.2 Å². The van der Waals surface area contributed by atoms with E-state index in [4.69, 9.17) is 0 Å². The fraction of sp³-hybridized carbons (Fsp3) is 0.368. The van der Waals surface area contributed by atoms with Crippen LogP contribution in [0, 0.1) is 12.8 Å². The summed E-state index contributed by atoms with van der Waals surface area (Å²) in [7, 11) is 0. The largest absolute Gasteiger partial charge is 0.416 e. The van der Waals surface area contributed by atoms with Gasteiger partial charge in [0.25, 0.3) is 0 Å². The molecular weight excluding hydrogens is 299 g/mol. The number of nitrogens with one attached hydrogen (secondary N) is 1. The van der Waals surface area contributed by atoms with E-state index < -0.39 is 11.7 Å². The van der Waals surface area contributed by atoms with Crippen LogP contribution in [0.4, 0.5) is 18.9 Å². The maximum Gasteiger partial charge on any atom is 0.416 e. The number of aryl methyl sites for hydroxylation is 1. The molecule has 2 aromatic carbocycles. The molecule has 4 heteroatoms. The smallest absolute Gasteiger partial charge is 0.384 e. The molecule has 0 radical (unpaired) electrons. The average Bonchev–Trinajstić information content (AvgIpc) is 2.91. The van der Waals surface area contributed by atoms with Gasteiger partial charge in [-0.25, -0.2) is 0 Å². The van der Waals surface area contributed by atoms with Gasteiger partial charge in [0.2, 0.25) is 0 Å². The Morgan fingerprint density at radius 3 is 2.26 bits per heavy atom. The van der Waals surface area contributed by atoms with Gasteiger partial charge in [0.1, 0.15) is 0 Å². The van der Waals surface area contributed by atoms with Crippen molar-refractivity contribution in [3.63, 3.8) is 0 Å². The first kappa shape index (κ1) is 15.9. The number of alkyl halides is 3. The van der Waals surface area contributed by atoms with E-state index in [2.05, 4.69) is 25.2 Å². The fourth-order valence-corrected chi connectivity index (χ4v) is 3.28. The summed E-state index contributed by atoms with van der Waals surface area (Å²) in [5.41, 5.74) is 4.78. The van der Waals surface area contributed by atoms with Crippen molar-refractivity contribution in [1.29, 1.82) is 0 Å². The second-order valence-corrected chi connectivity index (χ2v) is 6.56. The molecule has 0 aliphatic carbocycles. The molecule has 0 aromatic heterocycles. The van der Waals surface area contributed by atoms with Crippen molar-refractivity contribution < 1.29 is 13.2 Å². The standard InChI is InChI=1S/C19H20F3N/c1-11(2)17-10-23-18-12(3)8-14(9-16(17)18)13-4-6-15(7-5-13)19(20,21)22/h4-9,11,17,23H,10H2,1-3H3. The predicted octanol–water partition coefficient (Wildman–Crippen LogP) is 5.85. The van der Waals surface area contributed by atoms with Crippen LogP contribution in [-0.4, -0.2) is 6.54 Å². The maximum absolute atomic E-state index is 12.7. The molecule has 23 heavy (non-hydrogen) atoms. The third-order valence-corrected chi connectivity index (χ3v) is 4.61. The van der Waals surface area contributed by atoms with Crippen molar-refractivity contribution in [2.24, 2.45) is 5.92 Å². The molecule has 1 N–H and O–H groups in total. The first-order valence-corrected chi connectivity index (χ1v) is 7.83. The van der Waals surface area contributed by atoms with E-state index in [0.717, 1.165) is 35.4 Å². The molecule has 1 aliphatic rings. The van der Waals surface area contributed by atoms with Crippen LogP contribution in [0.15, 0.2) is 36.4 Å². The van der Waals surface area contributed by atoms with Crippen LogP contribution in [-0.2, 0) is 6.18 Å². The summed E-state index contributed by atoms with van der Waals surface area (Å²) in [6.07, 6.45) is -4.29. The molecule has 2 aromatic rings. The van der Waals surface area contributed by atoms with Gasteiger partial charge in [-0.15, -0.1) is 0 Å². The molecular formula is C19H20F3N. The average molecular weight is 319 g/mol. The zero-order valence-electron chi connectivity index (χ0n) is 13.5. The first-order chi connectivity index (χ1) is 10.8. The van der Waals surface area contributed by atoms with Crippen LogP contribution in [0.2, 0.25) is 0 Å². The van der Waals surface area contributed by atoms with Crippen LogP contribution in [0.5, 0.6) is 0 Å². The summed E-state index contributed by atoms with van der Waals surface area (Å²) < 4.78 is 38.1. The lowest BCUT2D eigenvalue weighted by molar-refractivity contribution is -0.137. The number of hydrogen-bond donors (Lipinski definition) is 1. The van der Waals surface area contributed by atoms with Crippen molar-refractivity contribution in [2.45, 2.75) is 32.9 Å². The van der Waals surface area contributed by atoms with Gasteiger partial charge < -0.3 is 5.32 Å². The molecule has 1 unspecified atom stereocenters. The lowest BCUT2D eigenvalue weighted by Crippen LogP contribution is -2.08. The summed E-state index contributed by atoms with van der Waals surface area (Å²) >= 11 is 0. The highest BCUT2D eigenvalue weighted by molar-refractivity contribution is 5.74. The zero-order valence-corrected chi connectivity index (χ0v) is 13.5. The highest BCUT2D eigenvalue weighted by Gasteiger charge is 2.30. The number of hydrogen-bond acceptors (Lipinski definition) is 1. The quantitative estimate of drug-likeness (QED) is 0.732. The second kappa shape index (κ2) is 5.59. The van der Waals surface area contributed by atoms with Gasteiger partial charge in [-0.3, -0.25) is 0 Å². The minimum absolute atomic E-state index is 0.443. The zero-order chi connectivity index (χ0) is 16.8. The third kappa shape index (κ3) is 2.94. The molecule has 1 heterocycles. The Kier molecular flexibility index (Phi) is 3.86. The monoisotopic (exact) mass is 319 g/mol. The Bertz CT molecular complexity index is 715. The van der Waals surface area contributed by atoms with Crippen molar-refractivity contribution in [3.05, 3.63) is 53.1 Å². The highest BCUT2D eigenvalue weighted by atomic mass is 19.4. The number of benzene rings is 2. The van der Waals surface area contributed by atoms with Crippen LogP contribution in [0.1, 0.15) is 36.5 Å². The second-order valence-electron chi connectivity index (χ2n) is 6.56. The van der Waals surface area contributed by atoms with Crippen LogP contribution in [0.25, 0.3) is 11.1 Å². The fourth-order valence-electron chi connectivity index (χ4n) is 3.28. The summed E-state index contributed by atoms with van der Waals surface area (Å²) in [6.45, 7) is 7.36. The number of fused-ring (bicyclic) bond motifs is 1. The highest BCUT2D eigenvalue weighted by Crippen LogP contribution is 2.41. The SMILES string of the molecule is Cc1cc(-c2ccc(C(F)(F)F)cc2)cc2c1NCC2C(C)C. The van der Waals surface area contributed by atoms with E-state index in [1.54, 1.807) is 12.1 Å². The van der Waals surface area contributed by atoms with Crippen molar-refractivity contribution >= 4 is 5.69 Å². The Morgan fingerprint density at radius 1 is 1.04 bits per heavy atom. The van der Waals surface area contributed by atoms with E-state index in [9.17, 15) is 13.2 Å². The normalized spacial score (nSPS) is 17.3. The topological polar surface area (TPSA) is 12.0 Å². The molecule has 1 nitrogen and oxygen atoms in total. The molecule has 0 amide bonds. The molecule has 0 saturated carbocycles. The summed E-state index contributed by atoms with van der Waals surface area (Å²) in [4.78, 5) is 0. The van der Waals surface area contributed by atoms with Gasteiger partial charge in [-0.2, -0.15) is 13.2 Å². The van der Waals surface area contributed by atoms with Crippen LogP contribution in [0.3, 0.4) is 0 Å². The number of anilines is 1. The molecule has 0 bridgehead atoms. The summed E-state index contributed by atoms with van der Waals surface area (Å²) in [5.74, 6) is 0.962. The third-order valence-electron chi connectivity index (χ3n) is 4.61. The van der Waals surface area contributed by atoms with Gasteiger partial charge in [-0.1, -0.05) is 26.0 Å². The van der Waals surface area contributed by atoms with E-state index in [1.807, 2.05) is 13.0 Å². The van der Waals surface area contributed by atoms with E-state index in [-0.39, 0.29) is 0 Å². The van der Waals surface area contributed by atoms with Gasteiger partial charge >= 0.3 is 6.18 Å². The molecule has 0 spiro atoms. The molecule has 1 aliphatic heterocycles. The molecule has 1 atom stereocenters. The Balaban J connectivity index is 2.01. The molecule has 3 rings (SSSR count). The van der Waals surface area contributed by atoms with E-state index in [0.29, 0.717) is 11.8 Å². The summed E-state index contributed by atoms with van der Waals surface area (Å²) in [6, 6.07) is 9.56. The Hall–Kier alpha value is -1.97. The Labute approximate surface area is 134 Å². The number of rotatable bonds is 2. The molecule has 122 valence electrons. The Morgan fingerprint density at radius 2 is 1.70 bits per heavy atom.